The molecule has 4 rings (SSSR count). The molecule has 0 amide bonds. The summed E-state index contributed by atoms with van der Waals surface area (Å²) in [5, 5.41) is 0. The van der Waals surface area contributed by atoms with Gasteiger partial charge in [0.25, 0.3) is 0 Å². The summed E-state index contributed by atoms with van der Waals surface area (Å²) in [6.07, 6.45) is 1.75. The Labute approximate surface area is 150 Å². The maximum absolute atomic E-state index is 11.9. The molecule has 4 aromatic rings. The highest BCUT2D eigenvalue weighted by Gasteiger charge is 2.12. The van der Waals surface area contributed by atoms with E-state index < -0.39 is 0 Å². The Morgan fingerprint density at radius 2 is 1.88 bits per heavy atom. The van der Waals surface area contributed by atoms with Gasteiger partial charge in [0.2, 0.25) is 0 Å². The number of ketones is 1. The second-order valence-corrected chi connectivity index (χ2v) is 6.01. The summed E-state index contributed by atoms with van der Waals surface area (Å²) in [7, 11) is 1.64. The molecule has 0 spiro atoms. The largest absolute Gasteiger partial charge is 0.497 e. The van der Waals surface area contributed by atoms with Crippen molar-refractivity contribution in [3.63, 3.8) is 0 Å². The van der Waals surface area contributed by atoms with Gasteiger partial charge in [-0.25, -0.2) is 9.97 Å². The molecule has 2 aromatic carbocycles. The average molecular weight is 343 g/mol. The smallest absolute Gasteiger partial charge is 0.178 e. The van der Waals surface area contributed by atoms with Crippen molar-refractivity contribution in [3.8, 4) is 28.3 Å². The van der Waals surface area contributed by atoms with Crippen LogP contribution in [0.25, 0.3) is 33.7 Å². The minimum Gasteiger partial charge on any atom is -0.497 e. The molecule has 128 valence electrons. The lowest BCUT2D eigenvalue weighted by atomic mass is 9.99. The molecule has 0 radical (unpaired) electrons. The van der Waals surface area contributed by atoms with Crippen LogP contribution in [-0.2, 0) is 0 Å². The fourth-order valence-corrected chi connectivity index (χ4v) is 3.00. The molecule has 5 heteroatoms. The van der Waals surface area contributed by atoms with E-state index in [4.69, 9.17) is 4.74 Å². The molecule has 0 aliphatic carbocycles. The first kappa shape index (κ1) is 16.0. The minimum absolute atomic E-state index is 0.0300. The van der Waals surface area contributed by atoms with Crippen LogP contribution in [0.2, 0.25) is 0 Å². The molecule has 0 bridgehead atoms. The topological polar surface area (TPSA) is 67.9 Å². The third kappa shape index (κ3) is 2.84. The summed E-state index contributed by atoms with van der Waals surface area (Å²) >= 11 is 0. The van der Waals surface area contributed by atoms with Gasteiger partial charge in [-0.05, 0) is 30.7 Å². The maximum Gasteiger partial charge on any atom is 0.178 e. The van der Waals surface area contributed by atoms with Crippen LogP contribution in [0.1, 0.15) is 17.3 Å². The molecule has 0 aliphatic heterocycles. The van der Waals surface area contributed by atoms with Gasteiger partial charge >= 0.3 is 0 Å². The van der Waals surface area contributed by atoms with E-state index in [9.17, 15) is 4.79 Å². The quantitative estimate of drug-likeness (QED) is 0.554. The first-order chi connectivity index (χ1) is 12.7. The number of hydrogen-bond acceptors (Lipinski definition) is 4. The van der Waals surface area contributed by atoms with E-state index in [0.717, 1.165) is 33.8 Å². The van der Waals surface area contributed by atoms with Crippen LogP contribution in [0.15, 0.2) is 60.8 Å². The van der Waals surface area contributed by atoms with Crippen molar-refractivity contribution in [2.75, 3.05) is 7.11 Å². The van der Waals surface area contributed by atoms with Crippen molar-refractivity contribution >= 4 is 16.9 Å². The monoisotopic (exact) mass is 343 g/mol. The van der Waals surface area contributed by atoms with Gasteiger partial charge in [0, 0.05) is 22.9 Å². The fraction of sp³-hybridized carbons (Fsp3) is 0.0952. The lowest BCUT2D eigenvalue weighted by Gasteiger charge is -2.06. The van der Waals surface area contributed by atoms with Crippen LogP contribution in [0, 0.1) is 0 Å². The molecule has 0 fully saturated rings. The number of fused-ring (bicyclic) bond motifs is 1. The molecule has 2 heterocycles. The Balaban J connectivity index is 1.81. The minimum atomic E-state index is 0.0300. The second kappa shape index (κ2) is 6.44. The van der Waals surface area contributed by atoms with E-state index in [0.29, 0.717) is 11.2 Å². The van der Waals surface area contributed by atoms with Gasteiger partial charge in [-0.3, -0.25) is 4.79 Å². The van der Waals surface area contributed by atoms with Crippen molar-refractivity contribution in [3.05, 3.63) is 66.4 Å². The molecular formula is C21H17N3O2. The Kier molecular flexibility index (Phi) is 3.97. The molecule has 2 aromatic heterocycles. The number of aromatic amines is 1. The molecule has 0 saturated heterocycles. The number of benzene rings is 2. The first-order valence-electron chi connectivity index (χ1n) is 8.26. The highest BCUT2D eigenvalue weighted by atomic mass is 16.5. The van der Waals surface area contributed by atoms with Crippen LogP contribution < -0.4 is 4.74 Å². The summed E-state index contributed by atoms with van der Waals surface area (Å²) in [6.45, 7) is 1.57. The molecule has 0 unspecified atom stereocenters. The number of carbonyl (C=O) groups is 1. The van der Waals surface area contributed by atoms with Gasteiger partial charge in [0.15, 0.2) is 11.4 Å². The average Bonchev–Trinajstić information content (AvgIpc) is 3.11. The number of pyridine rings is 1. The zero-order valence-corrected chi connectivity index (χ0v) is 14.5. The maximum atomic E-state index is 11.9. The molecule has 0 aliphatic rings. The van der Waals surface area contributed by atoms with Crippen LogP contribution >= 0.6 is 0 Å². The van der Waals surface area contributed by atoms with Gasteiger partial charge in [-0.15, -0.1) is 0 Å². The number of nitrogens with zero attached hydrogens (tertiary/aromatic N) is 2. The third-order valence-electron chi connectivity index (χ3n) is 4.30. The molecule has 1 N–H and O–H groups in total. The highest BCUT2D eigenvalue weighted by molar-refractivity contribution is 6.01. The molecule has 5 nitrogen and oxygen atoms in total. The van der Waals surface area contributed by atoms with Crippen molar-refractivity contribution in [2.45, 2.75) is 6.92 Å². The number of H-pyrrole nitrogens is 1. The highest BCUT2D eigenvalue weighted by Crippen LogP contribution is 2.28. The standard InChI is InChI=1S/C21H17N3O2/c1-13(25)17-8-3-4-9-18(17)15-11-19-21(22-12-15)24-20(23-19)14-6-5-7-16(10-14)26-2/h3-12H,1-2H3,(H,22,23,24). The number of Topliss-reactive ketones (excluding diaryl/α,β-unsaturated/α-hetero) is 1. The van der Waals surface area contributed by atoms with E-state index in [1.165, 1.54) is 0 Å². The summed E-state index contributed by atoms with van der Waals surface area (Å²) in [6, 6.07) is 17.2. The summed E-state index contributed by atoms with van der Waals surface area (Å²) < 4.78 is 5.27. The number of imidazole rings is 1. The Morgan fingerprint density at radius 1 is 1.04 bits per heavy atom. The zero-order chi connectivity index (χ0) is 18.1. The number of aromatic nitrogens is 3. The first-order valence-corrected chi connectivity index (χ1v) is 8.26. The van der Waals surface area contributed by atoms with E-state index in [-0.39, 0.29) is 5.78 Å². The number of carbonyl (C=O) groups excluding carboxylic acids is 1. The van der Waals surface area contributed by atoms with Gasteiger partial charge in [-0.2, -0.15) is 0 Å². The van der Waals surface area contributed by atoms with E-state index in [1.54, 1.807) is 20.2 Å². The molecule has 0 atom stereocenters. The van der Waals surface area contributed by atoms with Crippen LogP contribution in [0.5, 0.6) is 5.75 Å². The second-order valence-electron chi connectivity index (χ2n) is 6.01. The number of ether oxygens (including phenoxy) is 1. The van der Waals surface area contributed by atoms with E-state index in [1.807, 2.05) is 54.6 Å². The predicted octanol–water partition coefficient (Wildman–Crippen LogP) is 4.50. The normalized spacial score (nSPS) is 10.8. The lowest BCUT2D eigenvalue weighted by molar-refractivity contribution is 0.101. The Bertz CT molecular complexity index is 1120. The lowest BCUT2D eigenvalue weighted by Crippen LogP contribution is -1.96. The third-order valence-corrected chi connectivity index (χ3v) is 4.30. The van der Waals surface area contributed by atoms with Gasteiger partial charge in [-0.1, -0.05) is 36.4 Å². The van der Waals surface area contributed by atoms with Crippen molar-refractivity contribution in [1.82, 2.24) is 15.0 Å². The van der Waals surface area contributed by atoms with Crippen LogP contribution in [0.3, 0.4) is 0 Å². The number of nitrogens with one attached hydrogen (secondary N) is 1. The zero-order valence-electron chi connectivity index (χ0n) is 14.5. The molecule has 26 heavy (non-hydrogen) atoms. The molecular weight excluding hydrogens is 326 g/mol. The Morgan fingerprint density at radius 3 is 2.69 bits per heavy atom. The molecule has 0 saturated carbocycles. The van der Waals surface area contributed by atoms with Crippen molar-refractivity contribution in [2.24, 2.45) is 0 Å². The predicted molar refractivity (Wildman–Crippen MR) is 101 cm³/mol. The fourth-order valence-electron chi connectivity index (χ4n) is 3.00. The van der Waals surface area contributed by atoms with Gasteiger partial charge < -0.3 is 9.72 Å². The van der Waals surface area contributed by atoms with Crippen molar-refractivity contribution < 1.29 is 9.53 Å². The summed E-state index contributed by atoms with van der Waals surface area (Å²) in [5.74, 6) is 1.53. The van der Waals surface area contributed by atoms with Crippen LogP contribution in [-0.4, -0.2) is 27.8 Å². The Hall–Kier alpha value is -3.47. The number of rotatable bonds is 4. The number of methoxy groups -OCH3 is 1. The summed E-state index contributed by atoms with van der Waals surface area (Å²) in [4.78, 5) is 24.2. The van der Waals surface area contributed by atoms with E-state index in [2.05, 4.69) is 15.0 Å². The van der Waals surface area contributed by atoms with Crippen LogP contribution in [0.4, 0.5) is 0 Å². The summed E-state index contributed by atoms with van der Waals surface area (Å²) in [5.41, 5.74) is 4.80. The van der Waals surface area contributed by atoms with E-state index >= 15 is 0 Å². The van der Waals surface area contributed by atoms with Gasteiger partial charge in [0.05, 0.1) is 12.6 Å². The SMILES string of the molecule is COc1cccc(-c2nc3ncc(-c4ccccc4C(C)=O)cc3[nH]2)c1. The number of hydrogen-bond donors (Lipinski definition) is 1. The van der Waals surface area contributed by atoms with Crippen molar-refractivity contribution in [1.29, 1.82) is 0 Å². The van der Waals surface area contributed by atoms with Gasteiger partial charge in [0.1, 0.15) is 11.6 Å².